The predicted molar refractivity (Wildman–Crippen MR) is 109 cm³/mol. The molecule has 0 amide bonds. The molecule has 0 bridgehead atoms. The highest BCUT2D eigenvalue weighted by Crippen LogP contribution is 2.28. The molecule has 0 aliphatic heterocycles. The Hall–Kier alpha value is -2.56. The molecule has 0 aliphatic rings. The van der Waals surface area contributed by atoms with Crippen LogP contribution in [0.15, 0.2) is 60.7 Å². The van der Waals surface area contributed by atoms with Crippen LogP contribution in [0.25, 0.3) is 11.8 Å². The minimum absolute atomic E-state index is 0.173. The summed E-state index contributed by atoms with van der Waals surface area (Å²) in [5.41, 5.74) is 2.37. The summed E-state index contributed by atoms with van der Waals surface area (Å²) in [5, 5.41) is 5.38. The molecule has 1 heterocycles. The fourth-order valence-electron chi connectivity index (χ4n) is 2.40. The third kappa shape index (κ3) is 4.79. The molecule has 0 N–H and O–H groups in total. The Bertz CT molecular complexity index is 979. The SMILES string of the molecule is CC(C)c1cc(OC(=O)C=Cc2ccccc2)n(-c2ccc(Cl)c(Cl)c2)n1. The number of benzene rings is 2. The fraction of sp³-hybridized carbons (Fsp3) is 0.143. The normalized spacial score (nSPS) is 11.3. The number of hydrogen-bond acceptors (Lipinski definition) is 3. The second-order valence-electron chi connectivity index (χ2n) is 6.24. The van der Waals surface area contributed by atoms with E-state index in [1.165, 1.54) is 6.08 Å². The van der Waals surface area contributed by atoms with E-state index in [2.05, 4.69) is 5.10 Å². The minimum atomic E-state index is -0.490. The molecule has 0 aliphatic carbocycles. The first-order valence-electron chi connectivity index (χ1n) is 8.44. The van der Waals surface area contributed by atoms with E-state index in [4.69, 9.17) is 27.9 Å². The predicted octanol–water partition coefficient (Wildman–Crippen LogP) is 5.92. The van der Waals surface area contributed by atoms with Crippen LogP contribution in [0.4, 0.5) is 0 Å². The monoisotopic (exact) mass is 400 g/mol. The van der Waals surface area contributed by atoms with Gasteiger partial charge in [0.1, 0.15) is 0 Å². The van der Waals surface area contributed by atoms with Crippen molar-refractivity contribution in [2.24, 2.45) is 0 Å². The first-order chi connectivity index (χ1) is 12.9. The van der Waals surface area contributed by atoms with Crippen LogP contribution in [0, 0.1) is 0 Å². The topological polar surface area (TPSA) is 44.1 Å². The van der Waals surface area contributed by atoms with Gasteiger partial charge in [-0.1, -0.05) is 67.4 Å². The Morgan fingerprint density at radius 3 is 2.48 bits per heavy atom. The molecule has 6 heteroatoms. The van der Waals surface area contributed by atoms with Crippen molar-refractivity contribution in [2.45, 2.75) is 19.8 Å². The summed E-state index contributed by atoms with van der Waals surface area (Å²) in [6.07, 6.45) is 3.09. The standard InChI is InChI=1S/C21H18Cl2N2O2/c1-14(2)19-13-20(25(24-19)16-9-10-17(22)18(23)12-16)27-21(26)11-8-15-6-4-3-5-7-15/h3-14H,1-2H3. The van der Waals surface area contributed by atoms with E-state index in [0.717, 1.165) is 11.3 Å². The summed E-state index contributed by atoms with van der Waals surface area (Å²) in [7, 11) is 0. The Morgan fingerprint density at radius 2 is 1.81 bits per heavy atom. The Balaban J connectivity index is 1.88. The van der Waals surface area contributed by atoms with Crippen LogP contribution in [0.5, 0.6) is 5.88 Å². The molecule has 0 saturated carbocycles. The van der Waals surface area contributed by atoms with Gasteiger partial charge in [-0.25, -0.2) is 9.48 Å². The number of carbonyl (C=O) groups excluding carboxylic acids is 1. The lowest BCUT2D eigenvalue weighted by Crippen LogP contribution is -2.08. The molecule has 2 aromatic carbocycles. The Labute approximate surface area is 168 Å². The molecular formula is C21H18Cl2N2O2. The van der Waals surface area contributed by atoms with Crippen molar-refractivity contribution in [3.8, 4) is 11.6 Å². The van der Waals surface area contributed by atoms with Crippen LogP contribution in [0.2, 0.25) is 10.0 Å². The molecule has 0 spiro atoms. The van der Waals surface area contributed by atoms with Crippen molar-refractivity contribution >= 4 is 35.2 Å². The maximum absolute atomic E-state index is 12.3. The van der Waals surface area contributed by atoms with Crippen LogP contribution in [-0.2, 0) is 4.79 Å². The maximum Gasteiger partial charge on any atom is 0.337 e. The van der Waals surface area contributed by atoms with Crippen LogP contribution in [0.1, 0.15) is 31.0 Å². The van der Waals surface area contributed by atoms with Gasteiger partial charge in [0, 0.05) is 12.1 Å². The number of rotatable bonds is 5. The molecule has 0 fully saturated rings. The van der Waals surface area contributed by atoms with Crippen LogP contribution >= 0.6 is 23.2 Å². The van der Waals surface area contributed by atoms with Crippen molar-refractivity contribution < 1.29 is 9.53 Å². The number of nitrogens with zero attached hydrogens (tertiary/aromatic N) is 2. The highest BCUT2D eigenvalue weighted by atomic mass is 35.5. The van der Waals surface area contributed by atoms with Crippen molar-refractivity contribution in [2.75, 3.05) is 0 Å². The van der Waals surface area contributed by atoms with Crippen LogP contribution in [0.3, 0.4) is 0 Å². The first kappa shape index (κ1) is 19.2. The summed E-state index contributed by atoms with van der Waals surface area (Å²) in [6.45, 7) is 4.03. The zero-order valence-corrected chi connectivity index (χ0v) is 16.4. The molecule has 0 atom stereocenters. The smallest absolute Gasteiger partial charge is 0.337 e. The second-order valence-corrected chi connectivity index (χ2v) is 7.05. The van der Waals surface area contributed by atoms with Gasteiger partial charge in [0.05, 0.1) is 21.4 Å². The number of hydrogen-bond donors (Lipinski definition) is 0. The van der Waals surface area contributed by atoms with E-state index in [9.17, 15) is 4.79 Å². The average Bonchev–Trinajstić information content (AvgIpc) is 3.07. The van der Waals surface area contributed by atoms with Crippen LogP contribution in [-0.4, -0.2) is 15.7 Å². The van der Waals surface area contributed by atoms with Crippen molar-refractivity contribution in [3.63, 3.8) is 0 Å². The maximum atomic E-state index is 12.3. The van der Waals surface area contributed by atoms with Crippen molar-refractivity contribution in [1.29, 1.82) is 0 Å². The van der Waals surface area contributed by atoms with Gasteiger partial charge in [0.2, 0.25) is 5.88 Å². The lowest BCUT2D eigenvalue weighted by Gasteiger charge is -2.07. The van der Waals surface area contributed by atoms with E-state index < -0.39 is 5.97 Å². The van der Waals surface area contributed by atoms with Crippen LogP contribution < -0.4 is 4.74 Å². The van der Waals surface area contributed by atoms with Gasteiger partial charge in [-0.05, 0) is 35.8 Å². The van der Waals surface area contributed by atoms with Gasteiger partial charge in [0.15, 0.2) is 0 Å². The highest BCUT2D eigenvalue weighted by molar-refractivity contribution is 6.42. The zero-order chi connectivity index (χ0) is 19.4. The van der Waals surface area contributed by atoms with Gasteiger partial charge in [-0.2, -0.15) is 5.10 Å². The lowest BCUT2D eigenvalue weighted by molar-refractivity contribution is -0.129. The quantitative estimate of drug-likeness (QED) is 0.394. The van der Waals surface area contributed by atoms with E-state index in [-0.39, 0.29) is 5.92 Å². The minimum Gasteiger partial charge on any atom is -0.404 e. The van der Waals surface area contributed by atoms with Gasteiger partial charge in [-0.3, -0.25) is 0 Å². The summed E-state index contributed by atoms with van der Waals surface area (Å²) in [4.78, 5) is 12.3. The summed E-state index contributed by atoms with van der Waals surface area (Å²) in [5.74, 6) is 0.00139. The lowest BCUT2D eigenvalue weighted by atomic mass is 10.1. The molecular weight excluding hydrogens is 383 g/mol. The molecule has 0 radical (unpaired) electrons. The molecule has 3 aromatic rings. The van der Waals surface area contributed by atoms with Gasteiger partial charge >= 0.3 is 5.97 Å². The Kier molecular flexibility index (Phi) is 5.99. The average molecular weight is 401 g/mol. The van der Waals surface area contributed by atoms with E-state index in [0.29, 0.717) is 21.6 Å². The number of ether oxygens (including phenoxy) is 1. The zero-order valence-electron chi connectivity index (χ0n) is 14.9. The summed E-state index contributed by atoms with van der Waals surface area (Å²) >= 11 is 12.1. The van der Waals surface area contributed by atoms with Crippen molar-refractivity contribution in [1.82, 2.24) is 9.78 Å². The molecule has 138 valence electrons. The van der Waals surface area contributed by atoms with E-state index >= 15 is 0 Å². The van der Waals surface area contributed by atoms with Gasteiger partial charge < -0.3 is 4.74 Å². The third-order valence-corrected chi connectivity index (χ3v) is 4.59. The number of halogens is 2. The second kappa shape index (κ2) is 8.42. The largest absolute Gasteiger partial charge is 0.404 e. The molecule has 27 heavy (non-hydrogen) atoms. The summed E-state index contributed by atoms with van der Waals surface area (Å²) < 4.78 is 7.07. The first-order valence-corrected chi connectivity index (χ1v) is 9.20. The van der Waals surface area contributed by atoms with Crippen molar-refractivity contribution in [3.05, 3.63) is 82.0 Å². The van der Waals surface area contributed by atoms with E-state index in [1.807, 2.05) is 44.2 Å². The van der Waals surface area contributed by atoms with E-state index in [1.54, 1.807) is 35.0 Å². The van der Waals surface area contributed by atoms with Gasteiger partial charge in [-0.15, -0.1) is 0 Å². The molecule has 1 aromatic heterocycles. The third-order valence-electron chi connectivity index (χ3n) is 3.85. The number of carbonyl (C=O) groups is 1. The van der Waals surface area contributed by atoms with Gasteiger partial charge in [0.25, 0.3) is 0 Å². The Morgan fingerprint density at radius 1 is 1.07 bits per heavy atom. The molecule has 4 nitrogen and oxygen atoms in total. The number of esters is 1. The highest BCUT2D eigenvalue weighted by Gasteiger charge is 2.16. The summed E-state index contributed by atoms with van der Waals surface area (Å²) in [6, 6.07) is 16.4. The molecule has 3 rings (SSSR count). The molecule has 0 saturated heterocycles. The fourth-order valence-corrected chi connectivity index (χ4v) is 2.70. The molecule has 0 unspecified atom stereocenters. The number of aromatic nitrogens is 2.